The van der Waals surface area contributed by atoms with E-state index in [1.54, 1.807) is 6.92 Å². The predicted octanol–water partition coefficient (Wildman–Crippen LogP) is 7.49. The quantitative estimate of drug-likeness (QED) is 0.302. The van der Waals surface area contributed by atoms with Crippen LogP contribution in [0.2, 0.25) is 18.1 Å². The summed E-state index contributed by atoms with van der Waals surface area (Å²) in [7, 11) is -1.75. The Balaban J connectivity index is 2.26. The summed E-state index contributed by atoms with van der Waals surface area (Å²) >= 11 is 0. The third-order valence-electron chi connectivity index (χ3n) is 8.17. The summed E-state index contributed by atoms with van der Waals surface area (Å²) in [5.74, 6) is 1.56. The minimum atomic E-state index is -1.75. The van der Waals surface area contributed by atoms with Gasteiger partial charge in [0.15, 0.2) is 8.32 Å². The van der Waals surface area contributed by atoms with E-state index in [0.29, 0.717) is 17.6 Å². The number of ketones is 1. The van der Waals surface area contributed by atoms with Gasteiger partial charge < -0.3 is 4.43 Å². The number of Topliss-reactive ketones (excluding diaryl/α,β-unsaturated/α-hetero) is 1. The molecule has 3 heteroatoms. The highest BCUT2D eigenvalue weighted by molar-refractivity contribution is 6.74. The Labute approximate surface area is 181 Å². The van der Waals surface area contributed by atoms with Gasteiger partial charge in [-0.15, -0.1) is 0 Å². The summed E-state index contributed by atoms with van der Waals surface area (Å²) in [5.41, 5.74) is 2.64. The molecule has 1 fully saturated rings. The second-order valence-corrected chi connectivity index (χ2v) is 15.9. The van der Waals surface area contributed by atoms with Crippen LogP contribution in [0.1, 0.15) is 73.6 Å². The molecule has 0 N–H and O–H groups in total. The molecule has 2 aliphatic rings. The summed E-state index contributed by atoms with van der Waals surface area (Å²) in [6, 6.07) is 0. The van der Waals surface area contributed by atoms with Gasteiger partial charge in [0, 0.05) is 12.5 Å². The first-order valence-electron chi connectivity index (χ1n) is 11.6. The third kappa shape index (κ3) is 5.04. The van der Waals surface area contributed by atoms with Crippen molar-refractivity contribution in [1.82, 2.24) is 0 Å². The molecule has 0 saturated heterocycles. The van der Waals surface area contributed by atoms with E-state index in [0.717, 1.165) is 44.3 Å². The van der Waals surface area contributed by atoms with Crippen molar-refractivity contribution in [1.29, 1.82) is 0 Å². The van der Waals surface area contributed by atoms with Crippen LogP contribution in [0.25, 0.3) is 0 Å². The van der Waals surface area contributed by atoms with Crippen LogP contribution in [-0.2, 0) is 9.22 Å². The zero-order valence-corrected chi connectivity index (χ0v) is 21.2. The van der Waals surface area contributed by atoms with Gasteiger partial charge in [-0.25, -0.2) is 0 Å². The zero-order chi connectivity index (χ0) is 22.0. The van der Waals surface area contributed by atoms with E-state index in [1.165, 1.54) is 5.57 Å². The highest BCUT2D eigenvalue weighted by Crippen LogP contribution is 2.59. The summed E-state index contributed by atoms with van der Waals surface area (Å²) in [5, 5.41) is 0.229. The maximum Gasteiger partial charge on any atom is 0.191 e. The zero-order valence-electron chi connectivity index (χ0n) is 20.2. The summed E-state index contributed by atoms with van der Waals surface area (Å²) in [6.07, 6.45) is 12.0. The van der Waals surface area contributed by atoms with Crippen LogP contribution >= 0.6 is 0 Å². The Bertz CT molecular complexity index is 679. The van der Waals surface area contributed by atoms with Crippen molar-refractivity contribution in [2.75, 3.05) is 6.61 Å². The molecule has 2 rings (SSSR count). The van der Waals surface area contributed by atoms with Crippen LogP contribution in [0.4, 0.5) is 0 Å². The molecule has 1 saturated carbocycles. The van der Waals surface area contributed by atoms with Gasteiger partial charge in [-0.3, -0.25) is 4.79 Å². The average molecular weight is 417 g/mol. The molecule has 0 aromatic rings. The molecule has 0 bridgehead atoms. The molecule has 3 unspecified atom stereocenters. The van der Waals surface area contributed by atoms with Crippen LogP contribution < -0.4 is 0 Å². The van der Waals surface area contributed by atoms with E-state index in [1.807, 2.05) is 0 Å². The first kappa shape index (κ1) is 24.3. The third-order valence-corrected chi connectivity index (χ3v) is 12.7. The normalized spacial score (nSPS) is 30.3. The number of carbonyl (C=O) groups excluding carboxylic acids is 1. The number of fused-ring (bicyclic) bond motifs is 1. The van der Waals surface area contributed by atoms with Crippen molar-refractivity contribution in [3.05, 3.63) is 36.0 Å². The van der Waals surface area contributed by atoms with Crippen molar-refractivity contribution in [2.24, 2.45) is 23.2 Å². The van der Waals surface area contributed by atoms with Gasteiger partial charge in [-0.05, 0) is 85.6 Å². The van der Waals surface area contributed by atoms with Crippen LogP contribution in [0.3, 0.4) is 0 Å². The van der Waals surface area contributed by atoms with Crippen molar-refractivity contribution < 1.29 is 9.22 Å². The first-order chi connectivity index (χ1) is 13.3. The smallest absolute Gasteiger partial charge is 0.191 e. The van der Waals surface area contributed by atoms with Gasteiger partial charge in [0.2, 0.25) is 0 Å². The molecular weight excluding hydrogens is 372 g/mol. The molecule has 0 spiro atoms. The lowest BCUT2D eigenvalue weighted by atomic mass is 9.60. The Hall–Kier alpha value is -0.933. The molecule has 0 radical (unpaired) electrons. The first-order valence-corrected chi connectivity index (χ1v) is 14.5. The summed E-state index contributed by atoms with van der Waals surface area (Å²) in [4.78, 5) is 12.4. The van der Waals surface area contributed by atoms with Crippen LogP contribution in [0.5, 0.6) is 0 Å². The lowest BCUT2D eigenvalue weighted by Gasteiger charge is -2.45. The molecule has 0 heterocycles. The van der Waals surface area contributed by atoms with E-state index in [4.69, 9.17) is 4.43 Å². The highest BCUT2D eigenvalue weighted by Gasteiger charge is 2.53. The number of hydrogen-bond acceptors (Lipinski definition) is 2. The average Bonchev–Trinajstić information content (AvgIpc) is 2.96. The van der Waals surface area contributed by atoms with Gasteiger partial charge in [0.1, 0.15) is 5.78 Å². The van der Waals surface area contributed by atoms with Crippen molar-refractivity contribution >= 4 is 14.1 Å². The van der Waals surface area contributed by atoms with Crippen molar-refractivity contribution in [2.45, 2.75) is 91.8 Å². The Morgan fingerprint density at radius 3 is 2.55 bits per heavy atom. The minimum absolute atomic E-state index is 0.0890. The molecule has 4 atom stereocenters. The molecule has 0 aliphatic heterocycles. The van der Waals surface area contributed by atoms with Crippen LogP contribution in [0, 0.1) is 23.2 Å². The molecule has 2 aliphatic carbocycles. The summed E-state index contributed by atoms with van der Waals surface area (Å²) in [6.45, 7) is 23.1. The molecule has 0 amide bonds. The second kappa shape index (κ2) is 9.06. The number of allylic oxidation sites excluding steroid dienone is 5. The Kier molecular flexibility index (Phi) is 7.60. The highest BCUT2D eigenvalue weighted by atomic mass is 28.4. The van der Waals surface area contributed by atoms with E-state index < -0.39 is 8.32 Å². The molecule has 0 aromatic carbocycles. The fourth-order valence-electron chi connectivity index (χ4n) is 5.32. The van der Waals surface area contributed by atoms with Gasteiger partial charge in [0.05, 0.1) is 0 Å². The summed E-state index contributed by atoms with van der Waals surface area (Å²) < 4.78 is 6.56. The van der Waals surface area contributed by atoms with E-state index >= 15 is 0 Å². The fraction of sp³-hybridized carbons (Fsp3) is 0.731. The van der Waals surface area contributed by atoms with Gasteiger partial charge in [0.25, 0.3) is 0 Å². The van der Waals surface area contributed by atoms with E-state index in [2.05, 4.69) is 72.5 Å². The van der Waals surface area contributed by atoms with Gasteiger partial charge >= 0.3 is 0 Å². The largest absolute Gasteiger partial charge is 0.417 e. The molecular formula is C26H44O2Si. The molecule has 0 aromatic heterocycles. The lowest BCUT2D eigenvalue weighted by Crippen LogP contribution is -2.42. The maximum absolute atomic E-state index is 12.4. The van der Waals surface area contributed by atoms with Crippen molar-refractivity contribution in [3.63, 3.8) is 0 Å². The van der Waals surface area contributed by atoms with E-state index in [-0.39, 0.29) is 16.4 Å². The monoisotopic (exact) mass is 416 g/mol. The van der Waals surface area contributed by atoms with E-state index in [9.17, 15) is 4.79 Å². The van der Waals surface area contributed by atoms with Gasteiger partial charge in [-0.2, -0.15) is 0 Å². The molecule has 164 valence electrons. The maximum atomic E-state index is 12.4. The Morgan fingerprint density at radius 2 is 2.00 bits per heavy atom. The molecule has 2 nitrogen and oxygen atoms in total. The standard InChI is InChI=1S/C26H44O2Si/c1-10-11-12-19(2)21-15-17-26(7)23(20(3)27)13-14-24(26)22(21)16-18-28-29(8,9)25(4,5)6/h11-12,15,22-24H,2,10,13-14,16-18H2,1,3-9H3/b12-11-/t22?,23?,24?,26-/m1/s1. The second-order valence-electron chi connectivity index (χ2n) is 11.1. The van der Waals surface area contributed by atoms with Crippen molar-refractivity contribution in [3.8, 4) is 0 Å². The van der Waals surface area contributed by atoms with Gasteiger partial charge in [-0.1, -0.05) is 59.4 Å². The fourth-order valence-corrected chi connectivity index (χ4v) is 6.39. The molecule has 29 heavy (non-hydrogen) atoms. The van der Waals surface area contributed by atoms with Crippen LogP contribution in [0.15, 0.2) is 36.0 Å². The number of rotatable bonds is 8. The number of carbonyl (C=O) groups is 1. The lowest BCUT2D eigenvalue weighted by molar-refractivity contribution is -0.124. The topological polar surface area (TPSA) is 26.3 Å². The van der Waals surface area contributed by atoms with Crippen LogP contribution in [-0.4, -0.2) is 20.7 Å². The SMILES string of the molecule is C=C(/C=C\CC)C1=CC[C@]2(C)C(C(C)=O)CCC2C1CCO[Si](C)(C)C(C)(C)C. The Morgan fingerprint density at radius 1 is 1.34 bits per heavy atom. The minimum Gasteiger partial charge on any atom is -0.417 e. The predicted molar refractivity (Wildman–Crippen MR) is 128 cm³/mol. The number of hydrogen-bond donors (Lipinski definition) is 0.